The summed E-state index contributed by atoms with van der Waals surface area (Å²) in [5.74, 6) is -0.237. The van der Waals surface area contributed by atoms with Gasteiger partial charge in [0.25, 0.3) is 0 Å². The monoisotopic (exact) mass is 368 g/mol. The standard InChI is InChI=1S/C18H17FN6O2/c1-27-15-4-2-3-14(23-15)17(20)25-18(16-11(10-26)5-8-22-16)24-13-6-7-21-9-12(13)19/h2-9,22,26H,10H2,1H3,(H2,20,21,24,25). The van der Waals surface area contributed by atoms with Gasteiger partial charge in [0.15, 0.2) is 17.5 Å². The Bertz CT molecular complexity index is 985. The molecule has 0 aromatic carbocycles. The Morgan fingerprint density at radius 1 is 1.37 bits per heavy atom. The van der Waals surface area contributed by atoms with Crippen molar-refractivity contribution in [3.05, 3.63) is 71.7 Å². The second kappa shape index (κ2) is 8.19. The summed E-state index contributed by atoms with van der Waals surface area (Å²) in [6.45, 7) is -0.247. The zero-order valence-corrected chi connectivity index (χ0v) is 14.4. The maximum Gasteiger partial charge on any atom is 0.213 e. The lowest BCUT2D eigenvalue weighted by Crippen LogP contribution is -2.19. The molecule has 0 saturated heterocycles. The highest BCUT2D eigenvalue weighted by molar-refractivity contribution is 6.15. The van der Waals surface area contributed by atoms with Crippen LogP contribution in [-0.2, 0) is 6.61 Å². The Morgan fingerprint density at radius 3 is 2.96 bits per heavy atom. The van der Waals surface area contributed by atoms with Crippen LogP contribution in [0, 0.1) is 11.2 Å². The molecule has 3 heterocycles. The molecule has 0 fully saturated rings. The molecular formula is C18H17FN6O2. The summed E-state index contributed by atoms with van der Waals surface area (Å²) in [6.07, 6.45) is 4.12. The minimum absolute atomic E-state index is 0.133. The molecule has 4 N–H and O–H groups in total. The molecule has 3 aromatic heterocycles. The van der Waals surface area contributed by atoms with Crippen LogP contribution in [0.3, 0.4) is 0 Å². The number of amidine groups is 2. The van der Waals surface area contributed by atoms with Gasteiger partial charge in [-0.25, -0.2) is 14.4 Å². The molecule has 0 saturated carbocycles. The average Bonchev–Trinajstić information content (AvgIpc) is 3.18. The molecule has 0 atom stereocenters. The number of methoxy groups -OCH3 is 1. The van der Waals surface area contributed by atoms with Crippen LogP contribution in [-0.4, -0.2) is 38.8 Å². The zero-order valence-electron chi connectivity index (χ0n) is 14.4. The molecule has 0 aliphatic rings. The third kappa shape index (κ3) is 4.15. The van der Waals surface area contributed by atoms with Gasteiger partial charge in [-0.1, -0.05) is 6.07 Å². The second-order valence-electron chi connectivity index (χ2n) is 5.39. The molecule has 0 amide bonds. The van der Waals surface area contributed by atoms with Crippen LogP contribution in [0.25, 0.3) is 0 Å². The summed E-state index contributed by atoms with van der Waals surface area (Å²) >= 11 is 0. The third-order valence-corrected chi connectivity index (χ3v) is 3.66. The number of aliphatic imine (C=N–C) groups is 1. The number of ether oxygens (including phenoxy) is 1. The van der Waals surface area contributed by atoms with Crippen molar-refractivity contribution >= 4 is 17.4 Å². The van der Waals surface area contributed by atoms with Crippen LogP contribution in [0.1, 0.15) is 17.0 Å². The number of halogens is 1. The fraction of sp³-hybridized carbons (Fsp3) is 0.111. The van der Waals surface area contributed by atoms with E-state index in [0.717, 1.165) is 6.20 Å². The molecule has 3 aromatic rings. The SMILES string of the molecule is COc1cccc(C(=N)/N=C(/Nc2ccncc2F)c2[nH]ccc2CO)n1. The van der Waals surface area contributed by atoms with E-state index < -0.39 is 5.82 Å². The summed E-state index contributed by atoms with van der Waals surface area (Å²) < 4.78 is 19.1. The molecule has 0 bridgehead atoms. The van der Waals surface area contributed by atoms with Gasteiger partial charge < -0.3 is 20.1 Å². The maximum absolute atomic E-state index is 14.0. The maximum atomic E-state index is 14.0. The number of nitrogens with one attached hydrogen (secondary N) is 3. The number of anilines is 1. The van der Waals surface area contributed by atoms with E-state index in [0.29, 0.717) is 17.1 Å². The number of rotatable bonds is 5. The van der Waals surface area contributed by atoms with Gasteiger partial charge in [0.1, 0.15) is 5.69 Å². The van der Waals surface area contributed by atoms with Crippen LogP contribution in [0.15, 0.2) is 53.9 Å². The molecule has 3 rings (SSSR count). The van der Waals surface area contributed by atoms with Crippen molar-refractivity contribution in [2.24, 2.45) is 4.99 Å². The first kappa shape index (κ1) is 18.2. The van der Waals surface area contributed by atoms with E-state index in [-0.39, 0.29) is 29.7 Å². The van der Waals surface area contributed by atoms with Crippen LogP contribution >= 0.6 is 0 Å². The van der Waals surface area contributed by atoms with Gasteiger partial charge in [0.2, 0.25) is 5.88 Å². The number of aliphatic hydroxyl groups is 1. The van der Waals surface area contributed by atoms with Gasteiger partial charge in [-0.05, 0) is 18.2 Å². The van der Waals surface area contributed by atoms with Crippen molar-refractivity contribution in [3.63, 3.8) is 0 Å². The van der Waals surface area contributed by atoms with Crippen molar-refractivity contribution in [1.82, 2.24) is 15.0 Å². The molecule has 0 spiro atoms. The number of hydrogen-bond donors (Lipinski definition) is 4. The first-order valence-electron chi connectivity index (χ1n) is 7.95. The zero-order chi connectivity index (χ0) is 19.2. The van der Waals surface area contributed by atoms with E-state index in [1.807, 2.05) is 0 Å². The minimum Gasteiger partial charge on any atom is -0.481 e. The van der Waals surface area contributed by atoms with Gasteiger partial charge in [0.05, 0.1) is 31.3 Å². The quantitative estimate of drug-likeness (QED) is 0.407. The number of aromatic amines is 1. The van der Waals surface area contributed by atoms with Crippen LogP contribution in [0.5, 0.6) is 5.88 Å². The summed E-state index contributed by atoms with van der Waals surface area (Å²) in [5.41, 5.74) is 1.39. The lowest BCUT2D eigenvalue weighted by atomic mass is 10.2. The highest BCUT2D eigenvalue weighted by atomic mass is 19.1. The molecule has 138 valence electrons. The number of nitrogens with zero attached hydrogens (tertiary/aromatic N) is 3. The highest BCUT2D eigenvalue weighted by Gasteiger charge is 2.15. The number of aliphatic hydroxyl groups excluding tert-OH is 1. The summed E-state index contributed by atoms with van der Waals surface area (Å²) in [5, 5.41) is 20.6. The third-order valence-electron chi connectivity index (χ3n) is 3.66. The molecule has 0 radical (unpaired) electrons. The van der Waals surface area contributed by atoms with Gasteiger partial charge >= 0.3 is 0 Å². The van der Waals surface area contributed by atoms with Gasteiger partial charge in [-0.3, -0.25) is 10.4 Å². The van der Waals surface area contributed by atoms with E-state index in [1.165, 1.54) is 19.4 Å². The van der Waals surface area contributed by atoms with Crippen LogP contribution in [0.2, 0.25) is 0 Å². The minimum atomic E-state index is -0.576. The topological polar surface area (TPSA) is 119 Å². The van der Waals surface area contributed by atoms with Crippen molar-refractivity contribution in [2.45, 2.75) is 6.61 Å². The molecule has 8 nitrogen and oxygen atoms in total. The first-order chi connectivity index (χ1) is 13.1. The Morgan fingerprint density at radius 2 is 2.22 bits per heavy atom. The Balaban J connectivity index is 2.02. The van der Waals surface area contributed by atoms with Gasteiger partial charge in [0, 0.05) is 24.0 Å². The number of H-pyrrole nitrogens is 1. The van der Waals surface area contributed by atoms with E-state index >= 15 is 0 Å². The molecule has 27 heavy (non-hydrogen) atoms. The summed E-state index contributed by atoms with van der Waals surface area (Å²) in [4.78, 5) is 15.1. The van der Waals surface area contributed by atoms with Gasteiger partial charge in [-0.15, -0.1) is 0 Å². The van der Waals surface area contributed by atoms with E-state index in [1.54, 1.807) is 30.5 Å². The van der Waals surface area contributed by atoms with E-state index in [4.69, 9.17) is 10.1 Å². The van der Waals surface area contributed by atoms with E-state index in [9.17, 15) is 9.50 Å². The molecule has 0 aliphatic heterocycles. The average molecular weight is 368 g/mol. The normalized spacial score (nSPS) is 11.3. The van der Waals surface area contributed by atoms with Gasteiger partial charge in [-0.2, -0.15) is 0 Å². The highest BCUT2D eigenvalue weighted by Crippen LogP contribution is 2.16. The molecule has 0 aliphatic carbocycles. The predicted octanol–water partition coefficient (Wildman–Crippen LogP) is 2.33. The van der Waals surface area contributed by atoms with Crippen molar-refractivity contribution in [3.8, 4) is 5.88 Å². The largest absolute Gasteiger partial charge is 0.481 e. The smallest absolute Gasteiger partial charge is 0.213 e. The number of hydrogen-bond acceptors (Lipinski definition) is 5. The van der Waals surface area contributed by atoms with Crippen molar-refractivity contribution < 1.29 is 14.2 Å². The van der Waals surface area contributed by atoms with Crippen LogP contribution in [0.4, 0.5) is 10.1 Å². The lowest BCUT2D eigenvalue weighted by molar-refractivity contribution is 0.282. The predicted molar refractivity (Wildman–Crippen MR) is 98.7 cm³/mol. The Hall–Kier alpha value is -3.59. The fourth-order valence-corrected chi connectivity index (χ4v) is 2.33. The Labute approximate surface area is 154 Å². The van der Waals surface area contributed by atoms with E-state index in [2.05, 4.69) is 25.3 Å². The lowest BCUT2D eigenvalue weighted by Gasteiger charge is -2.11. The first-order valence-corrected chi connectivity index (χ1v) is 7.95. The second-order valence-corrected chi connectivity index (χ2v) is 5.39. The summed E-state index contributed by atoms with van der Waals surface area (Å²) in [6, 6.07) is 8.07. The Kier molecular flexibility index (Phi) is 5.53. The van der Waals surface area contributed by atoms with Crippen molar-refractivity contribution in [1.29, 1.82) is 5.41 Å². The summed E-state index contributed by atoms with van der Waals surface area (Å²) in [7, 11) is 1.48. The molecule has 9 heteroatoms. The number of aromatic nitrogens is 3. The fourth-order valence-electron chi connectivity index (χ4n) is 2.33. The molecular weight excluding hydrogens is 351 g/mol. The van der Waals surface area contributed by atoms with Crippen LogP contribution < -0.4 is 10.1 Å². The number of pyridine rings is 2. The van der Waals surface area contributed by atoms with Crippen molar-refractivity contribution in [2.75, 3.05) is 12.4 Å². The molecule has 0 unspecified atom stereocenters.